The smallest absolute Gasteiger partial charge is 0.255 e. The van der Waals surface area contributed by atoms with Crippen molar-refractivity contribution < 1.29 is 13.2 Å². The lowest BCUT2D eigenvalue weighted by molar-refractivity contribution is 0.102. The molecule has 1 aliphatic heterocycles. The normalized spacial score (nSPS) is 17.4. The van der Waals surface area contributed by atoms with E-state index >= 15 is 0 Å². The van der Waals surface area contributed by atoms with Crippen molar-refractivity contribution >= 4 is 27.3 Å². The van der Waals surface area contributed by atoms with Crippen LogP contribution in [0.15, 0.2) is 47.4 Å². The molecule has 0 aromatic heterocycles. The van der Waals surface area contributed by atoms with Crippen molar-refractivity contribution in [1.29, 1.82) is 0 Å². The number of piperazine rings is 1. The van der Waals surface area contributed by atoms with Gasteiger partial charge in [0.05, 0.1) is 4.90 Å². The third kappa shape index (κ3) is 5.49. The van der Waals surface area contributed by atoms with E-state index in [2.05, 4.69) is 25.9 Å². The maximum atomic E-state index is 13.0. The number of sulfonamides is 1. The lowest BCUT2D eigenvalue weighted by Gasteiger charge is -2.36. The monoisotopic (exact) mass is 456 g/mol. The van der Waals surface area contributed by atoms with Gasteiger partial charge in [-0.2, -0.15) is 0 Å². The minimum absolute atomic E-state index is 0.0907. The van der Waals surface area contributed by atoms with Crippen LogP contribution in [-0.2, 0) is 10.0 Å². The molecule has 172 valence electrons. The molecule has 1 amide bonds. The third-order valence-corrected chi connectivity index (χ3v) is 7.70. The van der Waals surface area contributed by atoms with E-state index < -0.39 is 10.0 Å². The Kier molecular flexibility index (Phi) is 6.83. The summed E-state index contributed by atoms with van der Waals surface area (Å²) in [4.78, 5) is 18.0. The molecule has 0 bridgehead atoms. The van der Waals surface area contributed by atoms with Crippen molar-refractivity contribution in [2.75, 3.05) is 49.5 Å². The van der Waals surface area contributed by atoms with Crippen molar-refractivity contribution in [2.24, 2.45) is 5.92 Å². The van der Waals surface area contributed by atoms with E-state index in [0.717, 1.165) is 43.3 Å². The van der Waals surface area contributed by atoms with Gasteiger partial charge in [-0.25, -0.2) is 13.1 Å². The molecule has 32 heavy (non-hydrogen) atoms. The fourth-order valence-electron chi connectivity index (χ4n) is 4.12. The van der Waals surface area contributed by atoms with Crippen LogP contribution in [-0.4, -0.2) is 58.5 Å². The first-order valence-corrected chi connectivity index (χ1v) is 12.8. The number of aryl methyl sites for hydroxylation is 1. The van der Waals surface area contributed by atoms with E-state index in [-0.39, 0.29) is 10.8 Å². The number of benzene rings is 2. The van der Waals surface area contributed by atoms with Gasteiger partial charge in [0.1, 0.15) is 0 Å². The topological polar surface area (TPSA) is 81.7 Å². The molecule has 2 N–H and O–H groups in total. The Morgan fingerprint density at radius 3 is 2.50 bits per heavy atom. The summed E-state index contributed by atoms with van der Waals surface area (Å²) in [5, 5.41) is 2.94. The molecule has 1 heterocycles. The highest BCUT2D eigenvalue weighted by atomic mass is 32.2. The second-order valence-corrected chi connectivity index (χ2v) is 10.5. The molecule has 1 saturated carbocycles. The summed E-state index contributed by atoms with van der Waals surface area (Å²) >= 11 is 0. The Balaban J connectivity index is 1.44. The maximum Gasteiger partial charge on any atom is 0.255 e. The van der Waals surface area contributed by atoms with E-state index in [1.165, 1.54) is 31.5 Å². The zero-order valence-electron chi connectivity index (χ0n) is 18.8. The summed E-state index contributed by atoms with van der Waals surface area (Å²) < 4.78 is 27.1. The van der Waals surface area contributed by atoms with E-state index in [1.807, 2.05) is 18.2 Å². The molecule has 2 aromatic carbocycles. The lowest BCUT2D eigenvalue weighted by atomic mass is 10.1. The maximum absolute atomic E-state index is 13.0. The second-order valence-electron chi connectivity index (χ2n) is 8.71. The van der Waals surface area contributed by atoms with Crippen molar-refractivity contribution in [2.45, 2.75) is 31.6 Å². The van der Waals surface area contributed by atoms with E-state index in [1.54, 1.807) is 19.9 Å². The number of hydrogen-bond acceptors (Lipinski definition) is 5. The van der Waals surface area contributed by atoms with Crippen molar-refractivity contribution in [3.63, 3.8) is 0 Å². The highest BCUT2D eigenvalue weighted by molar-refractivity contribution is 7.89. The van der Waals surface area contributed by atoms with Gasteiger partial charge in [-0.15, -0.1) is 0 Å². The molecule has 0 radical (unpaired) electrons. The summed E-state index contributed by atoms with van der Waals surface area (Å²) in [5.41, 5.74) is 2.87. The largest absolute Gasteiger partial charge is 0.369 e. The molecule has 0 spiro atoms. The first-order valence-electron chi connectivity index (χ1n) is 11.3. The highest BCUT2D eigenvalue weighted by Gasteiger charge is 2.26. The molecule has 1 aliphatic carbocycles. The molecule has 2 fully saturated rings. The van der Waals surface area contributed by atoms with E-state index in [4.69, 9.17) is 0 Å². The molecule has 2 aromatic rings. The van der Waals surface area contributed by atoms with E-state index in [9.17, 15) is 13.2 Å². The van der Waals surface area contributed by atoms with Gasteiger partial charge in [-0.05, 0) is 61.6 Å². The number of carbonyl (C=O) groups is 1. The zero-order valence-corrected chi connectivity index (χ0v) is 19.6. The number of rotatable bonds is 8. The van der Waals surface area contributed by atoms with Gasteiger partial charge in [-0.3, -0.25) is 9.69 Å². The lowest BCUT2D eigenvalue weighted by Crippen LogP contribution is -2.47. The molecule has 0 unspecified atom stereocenters. The van der Waals surface area contributed by atoms with Crippen LogP contribution in [0.5, 0.6) is 0 Å². The summed E-state index contributed by atoms with van der Waals surface area (Å²) in [6.07, 6.45) is 2.76. The van der Waals surface area contributed by atoms with Crippen LogP contribution in [0.4, 0.5) is 11.4 Å². The van der Waals surface area contributed by atoms with Crippen LogP contribution in [0.25, 0.3) is 0 Å². The molecule has 1 saturated heterocycles. The van der Waals surface area contributed by atoms with Crippen LogP contribution < -0.4 is 14.9 Å². The van der Waals surface area contributed by atoms with Crippen LogP contribution in [0.1, 0.15) is 35.7 Å². The van der Waals surface area contributed by atoms with Crippen molar-refractivity contribution in [1.82, 2.24) is 9.62 Å². The number of hydrogen-bond donors (Lipinski definition) is 2. The van der Waals surface area contributed by atoms with Crippen LogP contribution in [0.3, 0.4) is 0 Å². The Labute approximate surface area is 190 Å². The first-order chi connectivity index (χ1) is 15.4. The van der Waals surface area contributed by atoms with Crippen LogP contribution in [0.2, 0.25) is 0 Å². The Hall–Kier alpha value is -2.42. The molecule has 7 nitrogen and oxygen atoms in total. The zero-order chi connectivity index (χ0) is 22.7. The van der Waals surface area contributed by atoms with Crippen molar-refractivity contribution in [3.05, 3.63) is 53.6 Å². The molecular weight excluding hydrogens is 424 g/mol. The van der Waals surface area contributed by atoms with Crippen LogP contribution >= 0.6 is 0 Å². The number of carbonyl (C=O) groups excluding carboxylic acids is 1. The van der Waals surface area contributed by atoms with Gasteiger partial charge in [0.25, 0.3) is 5.91 Å². The summed E-state index contributed by atoms with van der Waals surface area (Å²) in [7, 11) is -3.63. The standard InChI is InChI=1S/C24H32N4O3S/c1-3-25-32(30,31)22-10-7-18(2)23(16-22)24(29)26-20-5-4-6-21(15-20)28-13-11-27(12-14-28)17-19-8-9-19/h4-7,10,15-16,19,25H,3,8-9,11-14,17H2,1-2H3,(H,26,29). The fraction of sp³-hybridized carbons (Fsp3) is 0.458. The van der Waals surface area contributed by atoms with Gasteiger partial charge in [0, 0.05) is 56.2 Å². The van der Waals surface area contributed by atoms with Crippen LogP contribution in [0, 0.1) is 12.8 Å². The minimum Gasteiger partial charge on any atom is -0.369 e. The minimum atomic E-state index is -3.63. The molecule has 4 rings (SSSR count). The SMILES string of the molecule is CCNS(=O)(=O)c1ccc(C)c(C(=O)Nc2cccc(N3CCN(CC4CC4)CC3)c2)c1. The van der Waals surface area contributed by atoms with E-state index in [0.29, 0.717) is 17.8 Å². The molecule has 0 atom stereocenters. The quantitative estimate of drug-likeness (QED) is 0.638. The number of anilines is 2. The average Bonchev–Trinajstić information content (AvgIpc) is 3.58. The van der Waals surface area contributed by atoms with Gasteiger partial charge in [0.15, 0.2) is 0 Å². The predicted octanol–water partition coefficient (Wildman–Crippen LogP) is 3.08. The Bertz CT molecular complexity index is 1070. The predicted molar refractivity (Wildman–Crippen MR) is 128 cm³/mol. The summed E-state index contributed by atoms with van der Waals surface area (Å²) in [5.74, 6) is 0.595. The molecule has 2 aliphatic rings. The van der Waals surface area contributed by atoms with Gasteiger partial charge < -0.3 is 10.2 Å². The van der Waals surface area contributed by atoms with Crippen molar-refractivity contribution in [3.8, 4) is 0 Å². The summed E-state index contributed by atoms with van der Waals surface area (Å²) in [6, 6.07) is 12.5. The Morgan fingerprint density at radius 2 is 1.81 bits per heavy atom. The second kappa shape index (κ2) is 9.60. The fourth-order valence-corrected chi connectivity index (χ4v) is 5.19. The molecule has 8 heteroatoms. The number of amides is 1. The molecular formula is C24H32N4O3S. The number of nitrogens with one attached hydrogen (secondary N) is 2. The highest BCUT2D eigenvalue weighted by Crippen LogP contribution is 2.30. The third-order valence-electron chi connectivity index (χ3n) is 6.15. The van der Waals surface area contributed by atoms with Gasteiger partial charge >= 0.3 is 0 Å². The average molecular weight is 457 g/mol. The first kappa shape index (κ1) is 22.8. The summed E-state index contributed by atoms with van der Waals surface area (Å²) in [6.45, 7) is 9.14. The van der Waals surface area contributed by atoms with Gasteiger partial charge in [0.2, 0.25) is 10.0 Å². The Morgan fingerprint density at radius 1 is 1.06 bits per heavy atom. The number of nitrogens with zero attached hydrogens (tertiary/aromatic N) is 2. The van der Waals surface area contributed by atoms with Gasteiger partial charge in [-0.1, -0.05) is 19.1 Å².